The molecule has 1 fully saturated rings. The molecular weight excluding hydrogens is 378 g/mol. The van der Waals surface area contributed by atoms with Gasteiger partial charge in [0, 0.05) is 22.7 Å². The zero-order chi connectivity index (χ0) is 21.4. The number of hydrogen-bond donors (Lipinski definition) is 1. The Morgan fingerprint density at radius 1 is 1.07 bits per heavy atom. The van der Waals surface area contributed by atoms with Crippen LogP contribution in [0.25, 0.3) is 17.0 Å². The molecule has 1 aliphatic heterocycles. The summed E-state index contributed by atoms with van der Waals surface area (Å²) in [5.74, 6) is 1.21. The highest BCUT2D eigenvalue weighted by molar-refractivity contribution is 6.39. The smallest absolute Gasteiger partial charge is 0.335 e. The summed E-state index contributed by atoms with van der Waals surface area (Å²) in [6, 6.07) is 12.2. The Bertz CT molecular complexity index is 1270. The van der Waals surface area contributed by atoms with Gasteiger partial charge in [0.05, 0.1) is 12.2 Å². The van der Waals surface area contributed by atoms with E-state index in [-0.39, 0.29) is 5.57 Å². The predicted octanol–water partition coefficient (Wildman–Crippen LogP) is 3.56. The predicted molar refractivity (Wildman–Crippen MR) is 116 cm³/mol. The van der Waals surface area contributed by atoms with E-state index in [1.165, 1.54) is 6.08 Å². The molecule has 2 aromatic carbocycles. The summed E-state index contributed by atoms with van der Waals surface area (Å²) >= 11 is 0. The summed E-state index contributed by atoms with van der Waals surface area (Å²) < 4.78 is 1.87. The maximum atomic E-state index is 13.2. The number of barbiturate groups is 1. The maximum absolute atomic E-state index is 13.2. The van der Waals surface area contributed by atoms with Crippen LogP contribution in [0.2, 0.25) is 0 Å². The molecule has 0 unspecified atom stereocenters. The number of anilines is 1. The lowest BCUT2D eigenvalue weighted by Gasteiger charge is -2.26. The molecule has 3 aromatic rings. The zero-order valence-corrected chi connectivity index (χ0v) is 16.6. The first-order chi connectivity index (χ1) is 14.4. The van der Waals surface area contributed by atoms with E-state index in [1.807, 2.05) is 48.7 Å². The van der Waals surface area contributed by atoms with Gasteiger partial charge in [-0.15, -0.1) is 6.42 Å². The minimum atomic E-state index is -0.762. The molecule has 6 heteroatoms. The molecule has 4 rings (SSSR count). The number of terminal acetylenes is 1. The Kier molecular flexibility index (Phi) is 4.72. The first kappa shape index (κ1) is 19.2. The Balaban J connectivity index is 1.82. The van der Waals surface area contributed by atoms with Gasteiger partial charge in [0.15, 0.2) is 0 Å². The van der Waals surface area contributed by atoms with Gasteiger partial charge >= 0.3 is 6.03 Å². The Labute approximate surface area is 173 Å². The number of carbonyl (C=O) groups excluding carboxylic acids is 3. The zero-order valence-electron chi connectivity index (χ0n) is 16.6. The monoisotopic (exact) mass is 397 g/mol. The van der Waals surface area contributed by atoms with E-state index < -0.39 is 17.8 Å². The maximum Gasteiger partial charge on any atom is 0.335 e. The minimum absolute atomic E-state index is 0.114. The van der Waals surface area contributed by atoms with Crippen LogP contribution >= 0.6 is 0 Å². The van der Waals surface area contributed by atoms with E-state index in [0.29, 0.717) is 17.8 Å². The van der Waals surface area contributed by atoms with Crippen molar-refractivity contribution in [3.63, 3.8) is 0 Å². The van der Waals surface area contributed by atoms with Gasteiger partial charge in [-0.3, -0.25) is 14.9 Å². The van der Waals surface area contributed by atoms with Crippen molar-refractivity contribution in [1.29, 1.82) is 0 Å². The number of benzene rings is 2. The number of aryl methyl sites for hydroxylation is 2. The summed E-state index contributed by atoms with van der Waals surface area (Å²) in [5, 5.41) is 3.12. The van der Waals surface area contributed by atoms with Gasteiger partial charge in [-0.1, -0.05) is 30.2 Å². The van der Waals surface area contributed by atoms with Gasteiger partial charge in [0.2, 0.25) is 0 Å². The number of carbonyl (C=O) groups is 3. The lowest BCUT2D eigenvalue weighted by molar-refractivity contribution is -0.122. The molecule has 30 heavy (non-hydrogen) atoms. The van der Waals surface area contributed by atoms with Crippen LogP contribution in [0.15, 0.2) is 54.2 Å². The Morgan fingerprint density at radius 2 is 1.77 bits per heavy atom. The second kappa shape index (κ2) is 7.37. The van der Waals surface area contributed by atoms with E-state index >= 15 is 0 Å². The highest BCUT2D eigenvalue weighted by Crippen LogP contribution is 2.27. The van der Waals surface area contributed by atoms with Gasteiger partial charge in [0.25, 0.3) is 11.8 Å². The number of hydrogen-bond acceptors (Lipinski definition) is 3. The van der Waals surface area contributed by atoms with Crippen LogP contribution in [-0.4, -0.2) is 22.4 Å². The molecular formula is C24H19N3O3. The lowest BCUT2D eigenvalue weighted by Crippen LogP contribution is -2.54. The highest BCUT2D eigenvalue weighted by Gasteiger charge is 2.37. The molecule has 1 saturated heterocycles. The normalized spacial score (nSPS) is 15.6. The lowest BCUT2D eigenvalue weighted by atomic mass is 10.0. The van der Waals surface area contributed by atoms with Gasteiger partial charge in [-0.2, -0.15) is 0 Å². The first-order valence-corrected chi connectivity index (χ1v) is 9.40. The van der Waals surface area contributed by atoms with Crippen molar-refractivity contribution in [3.05, 3.63) is 70.9 Å². The van der Waals surface area contributed by atoms with Crippen molar-refractivity contribution in [2.75, 3.05) is 4.90 Å². The average molecular weight is 397 g/mol. The van der Waals surface area contributed by atoms with Crippen molar-refractivity contribution in [2.24, 2.45) is 0 Å². The van der Waals surface area contributed by atoms with Crippen LogP contribution < -0.4 is 10.2 Å². The van der Waals surface area contributed by atoms with Crippen LogP contribution in [0.3, 0.4) is 0 Å². The third kappa shape index (κ3) is 3.27. The Morgan fingerprint density at radius 3 is 2.47 bits per heavy atom. The van der Waals surface area contributed by atoms with Crippen molar-refractivity contribution in [1.82, 2.24) is 9.88 Å². The van der Waals surface area contributed by atoms with E-state index in [2.05, 4.69) is 11.2 Å². The number of nitrogens with one attached hydrogen (secondary N) is 1. The van der Waals surface area contributed by atoms with Gasteiger partial charge in [-0.05, 0) is 49.2 Å². The molecule has 0 atom stereocenters. The van der Waals surface area contributed by atoms with Gasteiger partial charge < -0.3 is 4.57 Å². The summed E-state index contributed by atoms with van der Waals surface area (Å²) in [4.78, 5) is 39.1. The topological polar surface area (TPSA) is 71.4 Å². The van der Waals surface area contributed by atoms with Crippen LogP contribution in [0.1, 0.15) is 16.7 Å². The second-order valence-electron chi connectivity index (χ2n) is 7.24. The Hall–Kier alpha value is -4.11. The fourth-order valence-corrected chi connectivity index (χ4v) is 3.75. The SMILES string of the molecule is C#CCn1cc(/C=C2\C(=O)NC(=O)N(c3cc(C)cc(C)c3)C2=O)c2ccccc21. The van der Waals surface area contributed by atoms with E-state index in [4.69, 9.17) is 6.42 Å². The fourth-order valence-electron chi connectivity index (χ4n) is 3.75. The molecule has 1 aliphatic rings. The first-order valence-electron chi connectivity index (χ1n) is 9.40. The standard InChI is InChI=1S/C24H19N3O3/c1-4-9-26-14-17(19-7-5-6-8-21(19)26)13-20-22(28)25-24(30)27(23(20)29)18-11-15(2)10-16(3)12-18/h1,5-8,10-14H,9H2,2-3H3,(H,25,28,30)/b20-13+. The average Bonchev–Trinajstić information content (AvgIpc) is 3.02. The van der Waals surface area contributed by atoms with Crippen molar-refractivity contribution in [2.45, 2.75) is 20.4 Å². The highest BCUT2D eigenvalue weighted by atomic mass is 16.2. The van der Waals surface area contributed by atoms with Gasteiger partial charge in [-0.25, -0.2) is 9.69 Å². The molecule has 0 saturated carbocycles. The molecule has 4 amide bonds. The van der Waals surface area contributed by atoms with Crippen LogP contribution in [0, 0.1) is 26.2 Å². The summed E-state index contributed by atoms with van der Waals surface area (Å²) in [5.41, 5.74) is 3.69. The second-order valence-corrected chi connectivity index (χ2v) is 7.24. The van der Waals surface area contributed by atoms with Crippen molar-refractivity contribution < 1.29 is 14.4 Å². The molecule has 1 aromatic heterocycles. The molecule has 6 nitrogen and oxygen atoms in total. The molecule has 0 radical (unpaired) electrons. The number of fused-ring (bicyclic) bond motifs is 1. The fraction of sp³-hybridized carbons (Fsp3) is 0.125. The largest absolute Gasteiger partial charge is 0.335 e. The molecule has 2 heterocycles. The third-order valence-corrected chi connectivity index (χ3v) is 4.95. The number of para-hydroxylation sites is 1. The number of imide groups is 2. The molecule has 1 N–H and O–H groups in total. The van der Waals surface area contributed by atoms with Crippen LogP contribution in [-0.2, 0) is 16.1 Å². The summed E-state index contributed by atoms with van der Waals surface area (Å²) in [7, 11) is 0. The van der Waals surface area contributed by atoms with Crippen LogP contribution in [0.4, 0.5) is 10.5 Å². The molecule has 148 valence electrons. The van der Waals surface area contributed by atoms with E-state index in [0.717, 1.165) is 26.9 Å². The van der Waals surface area contributed by atoms with E-state index in [1.54, 1.807) is 18.3 Å². The molecule has 0 bridgehead atoms. The van der Waals surface area contributed by atoms with Gasteiger partial charge in [0.1, 0.15) is 5.57 Å². The number of urea groups is 1. The summed E-state index contributed by atoms with van der Waals surface area (Å²) in [6.07, 6.45) is 8.77. The van der Waals surface area contributed by atoms with Crippen molar-refractivity contribution in [3.8, 4) is 12.3 Å². The number of aromatic nitrogens is 1. The molecule has 0 spiro atoms. The number of nitrogens with zero attached hydrogens (tertiary/aromatic N) is 2. The number of rotatable bonds is 3. The van der Waals surface area contributed by atoms with Crippen molar-refractivity contribution >= 4 is 40.5 Å². The third-order valence-electron chi connectivity index (χ3n) is 4.95. The number of amides is 4. The van der Waals surface area contributed by atoms with Crippen LogP contribution in [0.5, 0.6) is 0 Å². The summed E-state index contributed by atoms with van der Waals surface area (Å²) in [6.45, 7) is 4.12. The quantitative estimate of drug-likeness (QED) is 0.417. The molecule has 0 aliphatic carbocycles. The van der Waals surface area contributed by atoms with E-state index in [9.17, 15) is 14.4 Å². The minimum Gasteiger partial charge on any atom is -0.335 e.